The summed E-state index contributed by atoms with van der Waals surface area (Å²) in [6.45, 7) is 3.10. The van der Waals surface area contributed by atoms with Crippen LogP contribution in [-0.2, 0) is 4.79 Å². The van der Waals surface area contributed by atoms with Crippen LogP contribution in [0.5, 0.6) is 0 Å². The van der Waals surface area contributed by atoms with E-state index in [1.165, 1.54) is 13.0 Å². The van der Waals surface area contributed by atoms with Crippen LogP contribution in [0.1, 0.15) is 30.1 Å². The number of carbonyl (C=O) groups excluding carboxylic acids is 1. The van der Waals surface area contributed by atoms with Crippen molar-refractivity contribution in [3.63, 3.8) is 0 Å². The Morgan fingerprint density at radius 1 is 1.35 bits per heavy atom. The maximum absolute atomic E-state index is 11.0. The normalized spacial score (nSPS) is 16.0. The van der Waals surface area contributed by atoms with Crippen molar-refractivity contribution in [3.05, 3.63) is 28.8 Å². The summed E-state index contributed by atoms with van der Waals surface area (Å²) in [5.41, 5.74) is 1.03. The van der Waals surface area contributed by atoms with Crippen LogP contribution in [0.15, 0.2) is 18.2 Å². The van der Waals surface area contributed by atoms with Gasteiger partial charge in [-0.15, -0.1) is 0 Å². The maximum atomic E-state index is 11.0. The molecule has 0 bridgehead atoms. The predicted octanol–water partition coefficient (Wildman–Crippen LogP) is 2.14. The minimum absolute atomic E-state index is 0.00714. The summed E-state index contributed by atoms with van der Waals surface area (Å²) >= 11 is 6.15. The molecule has 1 heterocycles. The first kappa shape index (κ1) is 14.7. The highest BCUT2D eigenvalue weighted by Crippen LogP contribution is 2.29. The number of carboxylic acid groups (broad SMARTS) is 1. The van der Waals surface area contributed by atoms with E-state index in [1.807, 2.05) is 0 Å². The molecule has 6 heteroatoms. The molecule has 0 radical (unpaired) electrons. The number of hydrogen-bond donors (Lipinski definition) is 2. The minimum Gasteiger partial charge on any atom is -0.478 e. The Balaban J connectivity index is 2.03. The van der Waals surface area contributed by atoms with Crippen molar-refractivity contribution in [1.29, 1.82) is 0 Å². The van der Waals surface area contributed by atoms with Crippen LogP contribution in [0.25, 0.3) is 0 Å². The number of halogens is 1. The number of anilines is 1. The molecule has 2 N–H and O–H groups in total. The third-order valence-corrected chi connectivity index (χ3v) is 3.74. The van der Waals surface area contributed by atoms with E-state index in [4.69, 9.17) is 16.7 Å². The average Bonchev–Trinajstić information content (AvgIpc) is 2.39. The van der Waals surface area contributed by atoms with Crippen molar-refractivity contribution >= 4 is 29.2 Å². The number of piperidine rings is 1. The van der Waals surface area contributed by atoms with Crippen molar-refractivity contribution in [3.8, 4) is 0 Å². The molecule has 0 atom stereocenters. The second kappa shape index (κ2) is 6.13. The number of hydrogen-bond acceptors (Lipinski definition) is 3. The fourth-order valence-corrected chi connectivity index (χ4v) is 2.75. The molecule has 5 nitrogen and oxygen atoms in total. The van der Waals surface area contributed by atoms with Crippen LogP contribution in [0.3, 0.4) is 0 Å². The second-order valence-electron chi connectivity index (χ2n) is 4.93. The molecule has 1 aromatic carbocycles. The van der Waals surface area contributed by atoms with Gasteiger partial charge in [0.05, 0.1) is 16.3 Å². The molecule has 1 saturated heterocycles. The fourth-order valence-electron chi connectivity index (χ4n) is 2.45. The zero-order valence-corrected chi connectivity index (χ0v) is 12.0. The zero-order valence-electron chi connectivity index (χ0n) is 11.2. The van der Waals surface area contributed by atoms with E-state index in [9.17, 15) is 9.59 Å². The summed E-state index contributed by atoms with van der Waals surface area (Å²) in [5, 5.41) is 12.3. The van der Waals surface area contributed by atoms with Gasteiger partial charge >= 0.3 is 5.97 Å². The molecule has 2 rings (SSSR count). The van der Waals surface area contributed by atoms with Crippen LogP contribution < -0.4 is 10.2 Å². The number of benzene rings is 1. The Kier molecular flexibility index (Phi) is 4.49. The van der Waals surface area contributed by atoms with E-state index < -0.39 is 5.97 Å². The molecular formula is C14H17ClN2O3. The van der Waals surface area contributed by atoms with Crippen LogP contribution in [0.4, 0.5) is 5.69 Å². The molecule has 1 aliphatic heterocycles. The van der Waals surface area contributed by atoms with E-state index in [0.717, 1.165) is 31.6 Å². The molecule has 20 heavy (non-hydrogen) atoms. The molecule has 1 aliphatic rings. The summed E-state index contributed by atoms with van der Waals surface area (Å²) < 4.78 is 0. The van der Waals surface area contributed by atoms with Gasteiger partial charge in [-0.1, -0.05) is 11.6 Å². The number of aromatic carboxylic acids is 1. The highest BCUT2D eigenvalue weighted by atomic mass is 35.5. The summed E-state index contributed by atoms with van der Waals surface area (Å²) in [4.78, 5) is 24.0. The van der Waals surface area contributed by atoms with Gasteiger partial charge in [-0.3, -0.25) is 4.79 Å². The van der Waals surface area contributed by atoms with Crippen LogP contribution >= 0.6 is 11.6 Å². The monoisotopic (exact) mass is 296 g/mol. The molecule has 0 saturated carbocycles. The Morgan fingerprint density at radius 3 is 2.50 bits per heavy atom. The van der Waals surface area contributed by atoms with Crippen LogP contribution in [-0.4, -0.2) is 36.1 Å². The highest BCUT2D eigenvalue weighted by Gasteiger charge is 2.21. The quantitative estimate of drug-likeness (QED) is 0.896. The molecule has 1 amide bonds. The lowest BCUT2D eigenvalue weighted by molar-refractivity contribution is -0.119. The lowest BCUT2D eigenvalue weighted by atomic mass is 10.0. The van der Waals surface area contributed by atoms with E-state index in [-0.39, 0.29) is 17.5 Å². The number of amides is 1. The number of carbonyl (C=O) groups is 2. The minimum atomic E-state index is -0.984. The van der Waals surface area contributed by atoms with Crippen molar-refractivity contribution in [2.45, 2.75) is 25.8 Å². The Labute approximate surface area is 122 Å². The molecule has 0 aliphatic carbocycles. The smallest absolute Gasteiger partial charge is 0.335 e. The zero-order chi connectivity index (χ0) is 14.7. The predicted molar refractivity (Wildman–Crippen MR) is 77.5 cm³/mol. The lowest BCUT2D eigenvalue weighted by Crippen LogP contribution is -2.44. The summed E-state index contributed by atoms with van der Waals surface area (Å²) in [7, 11) is 0. The van der Waals surface area contributed by atoms with Gasteiger partial charge in [0, 0.05) is 26.1 Å². The Morgan fingerprint density at radius 2 is 2.00 bits per heavy atom. The van der Waals surface area contributed by atoms with Gasteiger partial charge < -0.3 is 15.3 Å². The molecule has 0 aromatic heterocycles. The molecule has 1 fully saturated rings. The highest BCUT2D eigenvalue weighted by molar-refractivity contribution is 6.33. The van der Waals surface area contributed by atoms with Gasteiger partial charge in [0.1, 0.15) is 0 Å². The Hall–Kier alpha value is -1.75. The van der Waals surface area contributed by atoms with Gasteiger partial charge in [0.15, 0.2) is 0 Å². The number of nitrogens with one attached hydrogen (secondary N) is 1. The first-order valence-corrected chi connectivity index (χ1v) is 6.90. The number of rotatable bonds is 3. The van der Waals surface area contributed by atoms with E-state index in [2.05, 4.69) is 10.2 Å². The average molecular weight is 297 g/mol. The summed E-state index contributed by atoms with van der Waals surface area (Å²) in [5.74, 6) is -0.991. The van der Waals surface area contributed by atoms with Gasteiger partial charge in [-0.25, -0.2) is 4.79 Å². The molecular weight excluding hydrogens is 280 g/mol. The molecule has 1 aromatic rings. The Bertz CT molecular complexity index is 525. The van der Waals surface area contributed by atoms with Crippen molar-refractivity contribution < 1.29 is 14.7 Å². The lowest BCUT2D eigenvalue weighted by Gasteiger charge is -2.34. The third kappa shape index (κ3) is 3.42. The topological polar surface area (TPSA) is 69.6 Å². The molecule has 0 spiro atoms. The maximum Gasteiger partial charge on any atom is 0.335 e. The largest absolute Gasteiger partial charge is 0.478 e. The van der Waals surface area contributed by atoms with Gasteiger partial charge in [-0.05, 0) is 31.0 Å². The van der Waals surface area contributed by atoms with Gasteiger partial charge in [0.2, 0.25) is 5.91 Å². The van der Waals surface area contributed by atoms with Gasteiger partial charge in [-0.2, -0.15) is 0 Å². The fraction of sp³-hybridized carbons (Fsp3) is 0.429. The van der Waals surface area contributed by atoms with Crippen LogP contribution in [0, 0.1) is 0 Å². The molecule has 108 valence electrons. The molecule has 0 unspecified atom stereocenters. The number of nitrogens with zero attached hydrogens (tertiary/aromatic N) is 1. The number of carboxylic acids is 1. The summed E-state index contributed by atoms with van der Waals surface area (Å²) in [6.07, 6.45) is 1.72. The van der Waals surface area contributed by atoms with Crippen molar-refractivity contribution in [2.75, 3.05) is 18.0 Å². The SMILES string of the molecule is CC(=O)NC1CCN(c2ccc(C(=O)O)cc2Cl)CC1. The first-order chi connectivity index (χ1) is 9.47. The van der Waals surface area contributed by atoms with Crippen molar-refractivity contribution in [2.24, 2.45) is 0 Å². The standard InChI is InChI=1S/C14H17ClN2O3/c1-9(18)16-11-4-6-17(7-5-11)13-3-2-10(14(19)20)8-12(13)15/h2-3,8,11H,4-7H2,1H3,(H,16,18)(H,19,20). The van der Waals surface area contributed by atoms with Crippen molar-refractivity contribution in [1.82, 2.24) is 5.32 Å². The third-order valence-electron chi connectivity index (χ3n) is 3.44. The van der Waals surface area contributed by atoms with Crippen LogP contribution in [0.2, 0.25) is 5.02 Å². The van der Waals surface area contributed by atoms with Gasteiger partial charge in [0.25, 0.3) is 0 Å². The first-order valence-electron chi connectivity index (χ1n) is 6.52. The second-order valence-corrected chi connectivity index (χ2v) is 5.34. The van der Waals surface area contributed by atoms with E-state index >= 15 is 0 Å². The van der Waals surface area contributed by atoms with E-state index in [1.54, 1.807) is 12.1 Å². The summed E-state index contributed by atoms with van der Waals surface area (Å²) in [6, 6.07) is 4.98. The van der Waals surface area contributed by atoms with E-state index in [0.29, 0.717) is 5.02 Å².